The maximum absolute atomic E-state index is 12.4. The summed E-state index contributed by atoms with van der Waals surface area (Å²) in [4.78, 5) is 0. The molecule has 122 valence electrons. The molecule has 0 fully saturated rings. The molecule has 0 atom stereocenters. The van der Waals surface area contributed by atoms with E-state index >= 15 is 0 Å². The van der Waals surface area contributed by atoms with E-state index in [0.717, 1.165) is 0 Å². The number of halogens is 6. The van der Waals surface area contributed by atoms with Crippen LogP contribution < -0.4 is 5.32 Å². The van der Waals surface area contributed by atoms with Gasteiger partial charge in [0.05, 0.1) is 0 Å². The lowest BCUT2D eigenvalue weighted by atomic mass is 10.1. The third kappa shape index (κ3) is 5.52. The lowest BCUT2D eigenvalue weighted by molar-refractivity contribution is -0.258. The van der Waals surface area contributed by atoms with E-state index in [1.54, 1.807) is 0 Å². The molecule has 1 aromatic rings. The second kappa shape index (κ2) is 6.63. The average molecular weight is 319 g/mol. The molecule has 0 radical (unpaired) electrons. The number of aromatic nitrogens is 2. The van der Waals surface area contributed by atoms with Crippen molar-refractivity contribution in [3.05, 3.63) is 11.8 Å². The van der Waals surface area contributed by atoms with Crippen LogP contribution in [0.1, 0.15) is 38.0 Å². The van der Waals surface area contributed by atoms with Gasteiger partial charge in [-0.15, -0.1) is 10.2 Å². The molecule has 1 aromatic heterocycles. The number of alkyl halides is 6. The van der Waals surface area contributed by atoms with Crippen molar-refractivity contribution in [2.24, 2.45) is 0 Å². The standard InChI is InChI=1S/C11H15F6N3O/c1-6(2)18-5-3-4-7-19-20-9(21-7)8(10(12,13)14)11(15,16)17/h6,8,18H,3-5H2,1-2H3. The van der Waals surface area contributed by atoms with E-state index in [-0.39, 0.29) is 18.4 Å². The first-order valence-electron chi connectivity index (χ1n) is 6.21. The number of hydrogen-bond donors (Lipinski definition) is 1. The Bertz CT molecular complexity index is 426. The first-order chi connectivity index (χ1) is 9.51. The van der Waals surface area contributed by atoms with E-state index in [2.05, 4.69) is 19.9 Å². The molecule has 21 heavy (non-hydrogen) atoms. The zero-order chi connectivity index (χ0) is 16.3. The van der Waals surface area contributed by atoms with Gasteiger partial charge in [-0.1, -0.05) is 13.8 Å². The molecule has 1 N–H and O–H groups in total. The van der Waals surface area contributed by atoms with Gasteiger partial charge in [0.2, 0.25) is 17.7 Å². The predicted octanol–water partition coefficient (Wildman–Crippen LogP) is 3.21. The molecule has 0 aliphatic rings. The maximum Gasteiger partial charge on any atom is 0.409 e. The largest absolute Gasteiger partial charge is 0.424 e. The summed E-state index contributed by atoms with van der Waals surface area (Å²) >= 11 is 0. The zero-order valence-corrected chi connectivity index (χ0v) is 11.3. The van der Waals surface area contributed by atoms with Gasteiger partial charge in [0.1, 0.15) is 0 Å². The number of hydrogen-bond acceptors (Lipinski definition) is 4. The van der Waals surface area contributed by atoms with Crippen LogP contribution in [0.5, 0.6) is 0 Å². The van der Waals surface area contributed by atoms with Crippen molar-refractivity contribution in [2.75, 3.05) is 6.54 Å². The van der Waals surface area contributed by atoms with Crippen molar-refractivity contribution < 1.29 is 30.8 Å². The predicted molar refractivity (Wildman–Crippen MR) is 60.6 cm³/mol. The summed E-state index contributed by atoms with van der Waals surface area (Å²) in [6.45, 7) is 4.35. The van der Waals surface area contributed by atoms with Crippen LogP contribution in [-0.4, -0.2) is 35.1 Å². The molecular formula is C11H15F6N3O. The van der Waals surface area contributed by atoms with Crippen molar-refractivity contribution >= 4 is 0 Å². The van der Waals surface area contributed by atoms with Gasteiger partial charge in [-0.25, -0.2) is 0 Å². The third-order valence-corrected chi connectivity index (χ3v) is 2.50. The molecule has 1 rings (SSSR count). The summed E-state index contributed by atoms with van der Waals surface area (Å²) < 4.78 is 79.2. The number of aryl methyl sites for hydroxylation is 1. The Hall–Kier alpha value is -1.32. The van der Waals surface area contributed by atoms with Crippen molar-refractivity contribution in [3.8, 4) is 0 Å². The van der Waals surface area contributed by atoms with E-state index < -0.39 is 24.2 Å². The lowest BCUT2D eigenvalue weighted by Crippen LogP contribution is -2.34. The highest BCUT2D eigenvalue weighted by Crippen LogP contribution is 2.45. The minimum Gasteiger partial charge on any atom is -0.424 e. The van der Waals surface area contributed by atoms with Crippen molar-refractivity contribution in [1.29, 1.82) is 0 Å². The molecule has 1 heterocycles. The summed E-state index contributed by atoms with van der Waals surface area (Å²) in [5.74, 6) is -5.46. The summed E-state index contributed by atoms with van der Waals surface area (Å²) in [5.41, 5.74) is 0. The molecule has 0 aliphatic heterocycles. The van der Waals surface area contributed by atoms with Gasteiger partial charge in [0.25, 0.3) is 0 Å². The van der Waals surface area contributed by atoms with Gasteiger partial charge in [0, 0.05) is 12.5 Å². The maximum atomic E-state index is 12.4. The second-order valence-electron chi connectivity index (χ2n) is 4.76. The molecule has 0 unspecified atom stereocenters. The second-order valence-corrected chi connectivity index (χ2v) is 4.76. The van der Waals surface area contributed by atoms with Crippen LogP contribution in [0.25, 0.3) is 0 Å². The summed E-state index contributed by atoms with van der Waals surface area (Å²) in [7, 11) is 0. The average Bonchev–Trinajstić information content (AvgIpc) is 2.68. The molecular weight excluding hydrogens is 304 g/mol. The Morgan fingerprint density at radius 3 is 2.10 bits per heavy atom. The fourth-order valence-electron chi connectivity index (χ4n) is 1.58. The van der Waals surface area contributed by atoms with E-state index in [9.17, 15) is 26.3 Å². The Morgan fingerprint density at radius 1 is 1.05 bits per heavy atom. The van der Waals surface area contributed by atoms with Gasteiger partial charge >= 0.3 is 12.4 Å². The van der Waals surface area contributed by atoms with Gasteiger partial charge in [0.15, 0.2) is 0 Å². The minimum atomic E-state index is -5.53. The van der Waals surface area contributed by atoms with Gasteiger partial charge in [-0.3, -0.25) is 0 Å². The molecule has 4 nitrogen and oxygen atoms in total. The topological polar surface area (TPSA) is 51.0 Å². The molecule has 0 saturated heterocycles. The summed E-state index contributed by atoms with van der Waals surface area (Å²) in [6, 6.07) is 0.225. The minimum absolute atomic E-state index is 0.106. The highest BCUT2D eigenvalue weighted by Gasteiger charge is 2.60. The van der Waals surface area contributed by atoms with E-state index in [1.165, 1.54) is 0 Å². The number of nitrogens with one attached hydrogen (secondary N) is 1. The quantitative estimate of drug-likeness (QED) is 0.646. The van der Waals surface area contributed by atoms with Crippen molar-refractivity contribution in [1.82, 2.24) is 15.5 Å². The third-order valence-electron chi connectivity index (χ3n) is 2.50. The fraction of sp³-hybridized carbons (Fsp3) is 0.818. The molecule has 0 amide bonds. The van der Waals surface area contributed by atoms with Crippen LogP contribution in [0.2, 0.25) is 0 Å². The zero-order valence-electron chi connectivity index (χ0n) is 11.3. The highest BCUT2D eigenvalue weighted by atomic mass is 19.4. The molecule has 0 spiro atoms. The summed E-state index contributed by atoms with van der Waals surface area (Å²) in [5, 5.41) is 9.17. The molecule has 0 saturated carbocycles. The van der Waals surface area contributed by atoms with Crippen LogP contribution in [0, 0.1) is 0 Å². The fourth-order valence-corrected chi connectivity index (χ4v) is 1.58. The van der Waals surface area contributed by atoms with Gasteiger partial charge in [-0.2, -0.15) is 26.3 Å². The first-order valence-corrected chi connectivity index (χ1v) is 6.21. The monoisotopic (exact) mass is 319 g/mol. The van der Waals surface area contributed by atoms with Gasteiger partial charge < -0.3 is 9.73 Å². The van der Waals surface area contributed by atoms with Crippen LogP contribution >= 0.6 is 0 Å². The van der Waals surface area contributed by atoms with Crippen LogP contribution in [0.4, 0.5) is 26.3 Å². The molecule has 0 aliphatic carbocycles. The SMILES string of the molecule is CC(C)NCCCc1nnc(C(C(F)(F)F)C(F)(F)F)o1. The molecule has 0 bridgehead atoms. The van der Waals surface area contributed by atoms with Crippen LogP contribution in [0.3, 0.4) is 0 Å². The number of rotatable bonds is 6. The van der Waals surface area contributed by atoms with E-state index in [1.807, 2.05) is 13.8 Å². The van der Waals surface area contributed by atoms with Crippen molar-refractivity contribution in [3.63, 3.8) is 0 Å². The lowest BCUT2D eigenvalue weighted by Gasteiger charge is -2.19. The van der Waals surface area contributed by atoms with Crippen molar-refractivity contribution in [2.45, 2.75) is 51.0 Å². The Kier molecular flexibility index (Phi) is 5.60. The molecule has 10 heteroatoms. The Labute approximate surface area is 116 Å². The van der Waals surface area contributed by atoms with E-state index in [0.29, 0.717) is 13.0 Å². The van der Waals surface area contributed by atoms with E-state index in [4.69, 9.17) is 0 Å². The number of nitrogens with zero attached hydrogens (tertiary/aromatic N) is 2. The summed E-state index contributed by atoms with van der Waals surface area (Å²) in [6.07, 6.45) is -10.5. The Morgan fingerprint density at radius 2 is 1.62 bits per heavy atom. The smallest absolute Gasteiger partial charge is 0.409 e. The molecule has 0 aromatic carbocycles. The van der Waals surface area contributed by atoms with Crippen LogP contribution in [0.15, 0.2) is 4.42 Å². The Balaban J connectivity index is 2.72. The highest BCUT2D eigenvalue weighted by molar-refractivity contribution is 5.00. The van der Waals surface area contributed by atoms with Crippen LogP contribution in [-0.2, 0) is 6.42 Å². The first kappa shape index (κ1) is 17.7. The van der Waals surface area contributed by atoms with Gasteiger partial charge in [-0.05, 0) is 13.0 Å². The normalized spacial score (nSPS) is 13.4.